The van der Waals surface area contributed by atoms with Gasteiger partial charge in [-0.05, 0) is 51.5 Å². The lowest BCUT2D eigenvalue weighted by molar-refractivity contribution is -0.175. The monoisotopic (exact) mass is 713 g/mol. The smallest absolute Gasteiger partial charge is 0.308 e. The second-order valence-corrected chi connectivity index (χ2v) is 14.2. The summed E-state index contributed by atoms with van der Waals surface area (Å²) in [7, 11) is 0. The third kappa shape index (κ3) is 18.3. The molecular formula is C39H72N2O9. The number of nitrogens with zero attached hydrogens (tertiary/aromatic N) is 2. The number of carbonyl (C=O) groups is 4. The molecule has 1 heterocycles. The fourth-order valence-electron chi connectivity index (χ4n) is 6.22. The zero-order valence-electron chi connectivity index (χ0n) is 32.5. The van der Waals surface area contributed by atoms with Crippen LogP contribution < -0.4 is 0 Å². The molecule has 0 aliphatic carbocycles. The van der Waals surface area contributed by atoms with Crippen LogP contribution in [0.3, 0.4) is 0 Å². The third-order valence-corrected chi connectivity index (χ3v) is 10.0. The summed E-state index contributed by atoms with van der Waals surface area (Å²) in [5, 5.41) is 9.20. The van der Waals surface area contributed by atoms with Gasteiger partial charge in [0.05, 0.1) is 24.4 Å². The van der Waals surface area contributed by atoms with Crippen molar-refractivity contribution in [1.82, 2.24) is 9.80 Å². The number of piperazine rings is 1. The molecule has 0 aromatic heterocycles. The van der Waals surface area contributed by atoms with Gasteiger partial charge in [-0.25, -0.2) is 0 Å². The molecule has 0 bridgehead atoms. The van der Waals surface area contributed by atoms with E-state index < -0.39 is 11.4 Å². The van der Waals surface area contributed by atoms with Gasteiger partial charge in [-0.1, -0.05) is 80.1 Å². The summed E-state index contributed by atoms with van der Waals surface area (Å²) in [6, 6.07) is 0. The number of β-amino-alcohol motifs (C(OH)–C–C–N with tert-alkyl or cyclic N) is 1. The van der Waals surface area contributed by atoms with Crippen molar-refractivity contribution in [3.05, 3.63) is 0 Å². The highest BCUT2D eigenvalue weighted by molar-refractivity contribution is 5.74. The molecule has 0 radical (unpaired) electrons. The Kier molecular flexibility index (Phi) is 25.1. The number of hydrogen-bond acceptors (Lipinski definition) is 11. The number of aliphatic hydroxyl groups excluding tert-OH is 1. The molecule has 1 rings (SSSR count). The molecule has 1 fully saturated rings. The molecule has 292 valence electrons. The van der Waals surface area contributed by atoms with E-state index in [4.69, 9.17) is 18.9 Å². The number of rotatable bonds is 29. The maximum atomic E-state index is 13.3. The Morgan fingerprint density at radius 1 is 0.560 bits per heavy atom. The lowest BCUT2D eigenvalue weighted by atomic mass is 9.91. The molecule has 3 unspecified atom stereocenters. The second-order valence-electron chi connectivity index (χ2n) is 14.2. The van der Waals surface area contributed by atoms with Gasteiger partial charge in [0.15, 0.2) is 0 Å². The molecule has 50 heavy (non-hydrogen) atoms. The number of unbranched alkanes of at least 4 members (excludes halogenated alkanes) is 3. The first-order valence-electron chi connectivity index (χ1n) is 19.8. The van der Waals surface area contributed by atoms with E-state index in [0.29, 0.717) is 51.5 Å². The lowest BCUT2D eigenvalue weighted by Crippen LogP contribution is -2.47. The number of aliphatic hydroxyl groups is 1. The van der Waals surface area contributed by atoms with E-state index in [1.54, 1.807) is 0 Å². The highest BCUT2D eigenvalue weighted by atomic mass is 16.6. The van der Waals surface area contributed by atoms with Crippen LogP contribution in [-0.2, 0) is 38.1 Å². The molecule has 0 aromatic rings. The molecule has 1 N–H and O–H groups in total. The van der Waals surface area contributed by atoms with E-state index in [9.17, 15) is 24.3 Å². The maximum absolute atomic E-state index is 13.3. The fourth-order valence-corrected chi connectivity index (χ4v) is 6.22. The average Bonchev–Trinajstić information content (AvgIpc) is 3.12. The summed E-state index contributed by atoms with van der Waals surface area (Å²) >= 11 is 0. The van der Waals surface area contributed by atoms with Gasteiger partial charge in [-0.3, -0.25) is 24.1 Å². The van der Waals surface area contributed by atoms with Crippen molar-refractivity contribution in [1.29, 1.82) is 0 Å². The fraction of sp³-hybridized carbons (Fsp3) is 0.897. The van der Waals surface area contributed by atoms with Gasteiger partial charge in [0, 0.05) is 39.1 Å². The number of ether oxygens (including phenoxy) is 4. The Morgan fingerprint density at radius 3 is 1.26 bits per heavy atom. The maximum Gasteiger partial charge on any atom is 0.308 e. The second kappa shape index (κ2) is 27.4. The Labute approximate surface area is 303 Å². The zero-order chi connectivity index (χ0) is 37.2. The molecule has 1 aliphatic heterocycles. The van der Waals surface area contributed by atoms with E-state index in [0.717, 1.165) is 71.2 Å². The lowest BCUT2D eigenvalue weighted by Gasteiger charge is -2.34. The summed E-state index contributed by atoms with van der Waals surface area (Å²) in [5.41, 5.74) is -1.26. The van der Waals surface area contributed by atoms with Crippen LogP contribution in [0.2, 0.25) is 0 Å². The van der Waals surface area contributed by atoms with Crippen LogP contribution in [-0.4, -0.2) is 111 Å². The number of hydrogen-bond donors (Lipinski definition) is 1. The van der Waals surface area contributed by atoms with E-state index in [1.165, 1.54) is 0 Å². The van der Waals surface area contributed by atoms with Crippen molar-refractivity contribution in [2.75, 3.05) is 72.3 Å². The molecule has 0 aromatic carbocycles. The van der Waals surface area contributed by atoms with Crippen LogP contribution in [0, 0.1) is 23.2 Å². The molecule has 0 saturated carbocycles. The number of esters is 4. The SMILES string of the molecule is CCCCC(CC)C(=O)OCC(COC(=O)CCCN1CCN(CCO)CC1)(COC(=O)C(CC)CCCC)COC(=O)C(CC)CCCC. The van der Waals surface area contributed by atoms with Crippen LogP contribution in [0.25, 0.3) is 0 Å². The van der Waals surface area contributed by atoms with Crippen molar-refractivity contribution in [3.8, 4) is 0 Å². The first-order chi connectivity index (χ1) is 24.1. The normalized spacial score (nSPS) is 16.9. The summed E-state index contributed by atoms with van der Waals surface area (Å²) in [4.78, 5) is 57.4. The van der Waals surface area contributed by atoms with Gasteiger partial charge in [-0.2, -0.15) is 0 Å². The van der Waals surface area contributed by atoms with Gasteiger partial charge in [0.1, 0.15) is 31.8 Å². The highest BCUT2D eigenvalue weighted by Crippen LogP contribution is 2.26. The van der Waals surface area contributed by atoms with Crippen molar-refractivity contribution in [2.24, 2.45) is 23.2 Å². The first-order valence-corrected chi connectivity index (χ1v) is 19.8. The molecule has 1 aliphatic rings. The van der Waals surface area contributed by atoms with Crippen molar-refractivity contribution in [3.63, 3.8) is 0 Å². The van der Waals surface area contributed by atoms with Gasteiger partial charge in [0.2, 0.25) is 0 Å². The van der Waals surface area contributed by atoms with Gasteiger partial charge in [-0.15, -0.1) is 0 Å². The van der Waals surface area contributed by atoms with Crippen LogP contribution in [0.15, 0.2) is 0 Å². The molecule has 3 atom stereocenters. The predicted molar refractivity (Wildman–Crippen MR) is 195 cm³/mol. The largest absolute Gasteiger partial charge is 0.465 e. The summed E-state index contributed by atoms with van der Waals surface area (Å²) < 4.78 is 23.5. The third-order valence-electron chi connectivity index (χ3n) is 10.0. The minimum atomic E-state index is -1.26. The molecule has 0 spiro atoms. The molecular weight excluding hydrogens is 640 g/mol. The Bertz CT molecular complexity index is 860. The summed E-state index contributed by atoms with van der Waals surface area (Å²) in [6.45, 7) is 16.4. The summed E-state index contributed by atoms with van der Waals surface area (Å²) in [5.74, 6) is -2.28. The molecule has 11 heteroatoms. The molecule has 1 saturated heterocycles. The molecule has 0 amide bonds. The van der Waals surface area contributed by atoms with Crippen LogP contribution in [0.1, 0.15) is 131 Å². The minimum Gasteiger partial charge on any atom is -0.465 e. The van der Waals surface area contributed by atoms with Crippen LogP contribution >= 0.6 is 0 Å². The molecule has 11 nitrogen and oxygen atoms in total. The standard InChI is InChI=1S/C39H72N2O9/c1-7-13-17-32(10-4)36(44)48-29-39(30-49-37(45)33(11-5)18-14-8-2,31-50-38(46)34(12-6)19-15-9-3)28-47-35(43)20-16-21-40-22-24-41(25-23-40)26-27-42/h32-34,42H,7-31H2,1-6H3. The zero-order valence-corrected chi connectivity index (χ0v) is 32.5. The van der Waals surface area contributed by atoms with Gasteiger partial charge < -0.3 is 29.0 Å². The highest BCUT2D eigenvalue weighted by Gasteiger charge is 2.39. The van der Waals surface area contributed by atoms with Gasteiger partial charge >= 0.3 is 23.9 Å². The predicted octanol–water partition coefficient (Wildman–Crippen LogP) is 6.18. The Hall–Kier alpha value is -2.24. The Balaban J connectivity index is 3.15. The Morgan fingerprint density at radius 2 is 0.920 bits per heavy atom. The van der Waals surface area contributed by atoms with Crippen molar-refractivity contribution >= 4 is 23.9 Å². The topological polar surface area (TPSA) is 132 Å². The number of carbonyl (C=O) groups excluding carboxylic acids is 4. The minimum absolute atomic E-state index is 0.152. The average molecular weight is 713 g/mol. The quantitative estimate of drug-likeness (QED) is 0.0704. The van der Waals surface area contributed by atoms with E-state index in [-0.39, 0.29) is 75.1 Å². The van der Waals surface area contributed by atoms with Crippen molar-refractivity contribution in [2.45, 2.75) is 131 Å². The summed E-state index contributed by atoms with van der Waals surface area (Å²) in [6.07, 6.45) is 10.4. The van der Waals surface area contributed by atoms with E-state index in [1.807, 2.05) is 20.8 Å². The van der Waals surface area contributed by atoms with Crippen molar-refractivity contribution < 1.29 is 43.2 Å². The van der Waals surface area contributed by atoms with Gasteiger partial charge in [0.25, 0.3) is 0 Å². The van der Waals surface area contributed by atoms with Crippen LogP contribution in [0.4, 0.5) is 0 Å². The van der Waals surface area contributed by atoms with E-state index >= 15 is 0 Å². The van der Waals surface area contributed by atoms with E-state index in [2.05, 4.69) is 30.6 Å². The first kappa shape index (κ1) is 45.8. The van der Waals surface area contributed by atoms with Crippen LogP contribution in [0.5, 0.6) is 0 Å².